The maximum Gasteiger partial charge on any atom is 0.323 e. The van der Waals surface area contributed by atoms with Crippen LogP contribution >= 0.6 is 24.8 Å². The maximum absolute atomic E-state index is 13.7. The molecule has 0 unspecified atom stereocenters. The standard InChI is InChI=1S/C45H47FN4O7.2ClH/c1-49-17-15-27-21-37(52-3)40-24-33(27)35(49)19-26-7-13-32(14-8-26)56-39-23-29(34(25-38(39)53-4)48-45(51)47-31-11-9-30(46)10-12-31)20-36-42-28(16-18-50(36)2)22-41(54-5)43(55-6)44(42)57-40;;/h7-14,21-25,35-36H,15-20H2,1-6H3,(H2,47,48,51);2*1H/t35-,36-;;/m0../s1. The van der Waals surface area contributed by atoms with E-state index in [-0.39, 0.29) is 36.9 Å². The molecule has 0 saturated heterocycles. The van der Waals surface area contributed by atoms with Crippen molar-refractivity contribution >= 4 is 42.2 Å². The summed E-state index contributed by atoms with van der Waals surface area (Å²) in [7, 11) is 10.7. The lowest BCUT2D eigenvalue weighted by Gasteiger charge is -2.37. The molecule has 11 nitrogen and oxygen atoms in total. The van der Waals surface area contributed by atoms with Crippen molar-refractivity contribution < 1.29 is 37.6 Å². The number of carbonyl (C=O) groups is 1. The number of ether oxygens (including phenoxy) is 6. The Balaban J connectivity index is 0.00000293. The molecule has 0 radical (unpaired) electrons. The molecule has 312 valence electrons. The number of benzene rings is 5. The number of hydrogen-bond acceptors (Lipinski definition) is 9. The summed E-state index contributed by atoms with van der Waals surface area (Å²) in [5, 5.41) is 5.84. The number of nitrogens with one attached hydrogen (secondary N) is 2. The Kier molecular flexibility index (Phi) is 13.4. The smallest absolute Gasteiger partial charge is 0.323 e. The minimum absolute atomic E-state index is 0. The van der Waals surface area contributed by atoms with E-state index in [1.165, 1.54) is 35.4 Å². The van der Waals surface area contributed by atoms with E-state index in [1.54, 1.807) is 34.5 Å². The zero-order valence-corrected chi connectivity index (χ0v) is 35.5. The summed E-state index contributed by atoms with van der Waals surface area (Å²) >= 11 is 0. The van der Waals surface area contributed by atoms with Gasteiger partial charge >= 0.3 is 6.03 Å². The van der Waals surface area contributed by atoms with E-state index in [4.69, 9.17) is 28.4 Å². The minimum Gasteiger partial charge on any atom is -0.493 e. The van der Waals surface area contributed by atoms with Crippen molar-refractivity contribution in [2.75, 3.05) is 66.3 Å². The average Bonchev–Trinajstić information content (AvgIpc) is 3.21. The molecular weight excluding hydrogens is 798 g/mol. The van der Waals surface area contributed by atoms with Gasteiger partial charge in [0, 0.05) is 48.2 Å². The topological polar surface area (TPSA) is 103 Å². The Morgan fingerprint density at radius 1 is 0.678 bits per heavy atom. The van der Waals surface area contributed by atoms with E-state index in [0.717, 1.165) is 54.6 Å². The highest BCUT2D eigenvalue weighted by Gasteiger charge is 2.35. The second-order valence-corrected chi connectivity index (χ2v) is 14.7. The van der Waals surface area contributed by atoms with Gasteiger partial charge in [0.25, 0.3) is 0 Å². The van der Waals surface area contributed by atoms with E-state index in [0.29, 0.717) is 63.8 Å². The van der Waals surface area contributed by atoms with Gasteiger partial charge in [-0.05, 0) is 128 Å². The van der Waals surface area contributed by atoms with Crippen LogP contribution in [0.4, 0.5) is 20.6 Å². The molecule has 0 saturated carbocycles. The quantitative estimate of drug-likeness (QED) is 0.173. The summed E-state index contributed by atoms with van der Waals surface area (Å²) in [6, 6.07) is 23.0. The first kappa shape index (κ1) is 43.2. The number of anilines is 2. The number of methoxy groups -OCH3 is 4. The molecule has 9 rings (SSSR count). The van der Waals surface area contributed by atoms with E-state index >= 15 is 0 Å². The van der Waals surface area contributed by atoms with E-state index in [1.807, 2.05) is 24.3 Å². The fourth-order valence-corrected chi connectivity index (χ4v) is 8.28. The molecular formula is C45H49Cl2FN4O7. The Morgan fingerprint density at radius 2 is 1.31 bits per heavy atom. The van der Waals surface area contributed by atoms with Gasteiger partial charge in [-0.1, -0.05) is 12.1 Å². The Morgan fingerprint density at radius 3 is 1.98 bits per heavy atom. The molecule has 0 aromatic heterocycles. The number of fused-ring (bicyclic) bond motifs is 2. The number of nitrogens with zero attached hydrogens (tertiary/aromatic N) is 2. The van der Waals surface area contributed by atoms with Gasteiger partial charge in [0.15, 0.2) is 34.5 Å². The highest BCUT2D eigenvalue weighted by molar-refractivity contribution is 6.00. The van der Waals surface area contributed by atoms with Crippen molar-refractivity contribution in [1.29, 1.82) is 0 Å². The molecule has 5 aromatic rings. The highest BCUT2D eigenvalue weighted by Crippen LogP contribution is 2.52. The summed E-state index contributed by atoms with van der Waals surface area (Å²) < 4.78 is 51.2. The van der Waals surface area contributed by atoms with Crippen LogP contribution in [0.1, 0.15) is 45.5 Å². The van der Waals surface area contributed by atoms with Crippen molar-refractivity contribution in [3.63, 3.8) is 0 Å². The molecule has 2 amide bonds. The molecule has 2 N–H and O–H groups in total. The Bertz CT molecular complexity index is 2310. The monoisotopic (exact) mass is 846 g/mol. The number of rotatable bonds is 6. The molecule has 5 aromatic carbocycles. The molecule has 2 atom stereocenters. The first-order valence-corrected chi connectivity index (χ1v) is 19.0. The van der Waals surface area contributed by atoms with Crippen LogP contribution in [-0.2, 0) is 25.7 Å². The number of likely N-dealkylation sites (N-methyl/N-ethyl adjacent to an activating group) is 2. The van der Waals surface area contributed by atoms with Crippen LogP contribution in [0.5, 0.6) is 46.0 Å². The summed E-state index contributed by atoms with van der Waals surface area (Å²) in [4.78, 5) is 18.2. The minimum atomic E-state index is -0.500. The van der Waals surface area contributed by atoms with Crippen LogP contribution in [0.15, 0.2) is 78.9 Å². The van der Waals surface area contributed by atoms with Gasteiger partial charge in [-0.15, -0.1) is 24.8 Å². The van der Waals surface area contributed by atoms with E-state index < -0.39 is 11.8 Å². The van der Waals surface area contributed by atoms with Gasteiger partial charge in [0.2, 0.25) is 5.75 Å². The Labute approximate surface area is 356 Å². The molecule has 0 fully saturated rings. The normalized spacial score (nSPS) is 16.9. The van der Waals surface area contributed by atoms with Crippen LogP contribution in [0, 0.1) is 5.82 Å². The van der Waals surface area contributed by atoms with Gasteiger partial charge in [-0.2, -0.15) is 0 Å². The fourth-order valence-electron chi connectivity index (χ4n) is 8.28. The molecule has 0 aliphatic carbocycles. The summed E-state index contributed by atoms with van der Waals surface area (Å²) in [6.07, 6.45) is 2.82. The predicted molar refractivity (Wildman–Crippen MR) is 231 cm³/mol. The summed E-state index contributed by atoms with van der Waals surface area (Å²) in [5.41, 5.74) is 7.29. The number of carbonyl (C=O) groups excluding carboxylic acids is 1. The number of urea groups is 1. The third-order valence-corrected chi connectivity index (χ3v) is 11.3. The van der Waals surface area contributed by atoms with Crippen molar-refractivity contribution in [3.05, 3.63) is 118 Å². The van der Waals surface area contributed by atoms with Gasteiger partial charge in [0.05, 0.1) is 28.4 Å². The van der Waals surface area contributed by atoms with Crippen molar-refractivity contribution in [2.45, 2.75) is 37.8 Å². The van der Waals surface area contributed by atoms with Crippen LogP contribution in [0.3, 0.4) is 0 Å². The fraction of sp³-hybridized carbons (Fsp3) is 0.311. The predicted octanol–water partition coefficient (Wildman–Crippen LogP) is 9.79. The molecule has 4 heterocycles. The van der Waals surface area contributed by atoms with Crippen molar-refractivity contribution in [2.24, 2.45) is 0 Å². The van der Waals surface area contributed by atoms with Crippen LogP contribution in [-0.4, -0.2) is 71.5 Å². The zero-order chi connectivity index (χ0) is 39.8. The largest absolute Gasteiger partial charge is 0.493 e. The second kappa shape index (κ2) is 18.3. The van der Waals surface area contributed by atoms with Gasteiger partial charge in [0.1, 0.15) is 11.6 Å². The lowest BCUT2D eigenvalue weighted by Crippen LogP contribution is -2.34. The van der Waals surface area contributed by atoms with Gasteiger partial charge in [-0.3, -0.25) is 9.80 Å². The van der Waals surface area contributed by atoms with Crippen LogP contribution < -0.4 is 39.1 Å². The molecule has 4 aliphatic heterocycles. The molecule has 6 bridgehead atoms. The molecule has 0 spiro atoms. The maximum atomic E-state index is 13.7. The van der Waals surface area contributed by atoms with E-state index in [2.05, 4.69) is 58.8 Å². The number of halogens is 3. The van der Waals surface area contributed by atoms with E-state index in [9.17, 15) is 9.18 Å². The SMILES string of the molecule is COc1cc(NC(=O)Nc2ccc(F)cc2)c2cc1Oc1ccc(cc1)C[C@H]1c3cc(c(OC)cc3CCN1C)Oc1c(OC)c(OC)cc3c1[C@H](C2)N(C)CC3.Cl.Cl. The third kappa shape index (κ3) is 8.67. The van der Waals surface area contributed by atoms with Crippen molar-refractivity contribution in [3.8, 4) is 46.0 Å². The van der Waals surface area contributed by atoms with Crippen LogP contribution in [0.2, 0.25) is 0 Å². The Hall–Kier alpha value is -5.40. The average molecular weight is 848 g/mol. The summed E-state index contributed by atoms with van der Waals surface area (Å²) in [5.74, 6) is 3.95. The number of amides is 2. The van der Waals surface area contributed by atoms with Crippen LogP contribution in [0.25, 0.3) is 0 Å². The lowest BCUT2D eigenvalue weighted by atomic mass is 9.86. The zero-order valence-electron chi connectivity index (χ0n) is 33.8. The molecule has 4 aliphatic rings. The third-order valence-electron chi connectivity index (χ3n) is 11.3. The second-order valence-electron chi connectivity index (χ2n) is 14.7. The van der Waals surface area contributed by atoms with Gasteiger partial charge < -0.3 is 39.1 Å². The summed E-state index contributed by atoms with van der Waals surface area (Å²) in [6.45, 7) is 1.66. The molecule has 14 heteroatoms. The first-order chi connectivity index (χ1) is 27.7. The highest BCUT2D eigenvalue weighted by atomic mass is 35.5. The van der Waals surface area contributed by atoms with Gasteiger partial charge in [-0.25, -0.2) is 9.18 Å². The number of hydrogen-bond donors (Lipinski definition) is 2. The van der Waals surface area contributed by atoms with Crippen molar-refractivity contribution in [1.82, 2.24) is 9.80 Å². The lowest BCUT2D eigenvalue weighted by molar-refractivity contribution is 0.220. The first-order valence-electron chi connectivity index (χ1n) is 19.0. The molecule has 59 heavy (non-hydrogen) atoms.